The molecule has 0 spiro atoms. The van der Waals surface area contributed by atoms with Crippen molar-refractivity contribution in [3.8, 4) is 0 Å². The van der Waals surface area contributed by atoms with Gasteiger partial charge in [0, 0.05) is 18.8 Å². The minimum absolute atomic E-state index is 0.000140. The number of nitrogens with zero attached hydrogens (tertiary/aromatic N) is 1. The van der Waals surface area contributed by atoms with E-state index in [1.54, 1.807) is 70.7 Å². The van der Waals surface area contributed by atoms with Crippen molar-refractivity contribution in [2.24, 2.45) is 5.92 Å². The molecule has 1 N–H and O–H groups in total. The predicted molar refractivity (Wildman–Crippen MR) is 125 cm³/mol. The van der Waals surface area contributed by atoms with Crippen molar-refractivity contribution in [2.75, 3.05) is 23.6 Å². The molecule has 1 aliphatic rings. The van der Waals surface area contributed by atoms with E-state index < -0.39 is 29.4 Å². The lowest BCUT2D eigenvalue weighted by atomic mass is 9.98. The second kappa shape index (κ2) is 9.10. The van der Waals surface area contributed by atoms with E-state index in [-0.39, 0.29) is 24.0 Å². The fraction of sp³-hybridized carbons (Fsp3) is 0.682. The topological polar surface area (TPSA) is 101 Å². The monoisotopic (exact) mass is 472 g/mol. The van der Waals surface area contributed by atoms with Crippen molar-refractivity contribution in [1.82, 2.24) is 4.90 Å². The lowest BCUT2D eigenvalue weighted by Gasteiger charge is -2.33. The molecule has 0 bridgehead atoms. The van der Waals surface area contributed by atoms with E-state index in [0.29, 0.717) is 31.6 Å². The molecule has 2 rings (SSSR count). The van der Waals surface area contributed by atoms with Crippen LogP contribution in [0.3, 0.4) is 0 Å². The molecule has 1 aliphatic heterocycles. The highest BCUT2D eigenvalue weighted by Crippen LogP contribution is 2.25. The Balaban J connectivity index is 1.90. The highest BCUT2D eigenvalue weighted by molar-refractivity contribution is 7.94. The van der Waals surface area contributed by atoms with Gasteiger partial charge in [-0.15, -0.1) is 0 Å². The highest BCUT2D eigenvalue weighted by atomic mass is 32.2. The maximum absolute atomic E-state index is 12.7. The number of amides is 1. The summed E-state index contributed by atoms with van der Waals surface area (Å²) in [6.45, 7) is 11.2. The number of nitrogens with one attached hydrogen (secondary N) is 1. The Hall–Kier alpha value is -1.61. The normalized spacial score (nSPS) is 16.9. The van der Waals surface area contributed by atoms with E-state index in [1.807, 2.05) is 0 Å². The predicted octanol–water partition coefficient (Wildman–Crippen LogP) is 3.22. The molecule has 0 aromatic heterocycles. The van der Waals surface area contributed by atoms with Gasteiger partial charge in [0.05, 0.1) is 21.7 Å². The van der Waals surface area contributed by atoms with E-state index in [4.69, 9.17) is 0 Å². The molecule has 1 amide bonds. The molecule has 1 fully saturated rings. The van der Waals surface area contributed by atoms with Crippen LogP contribution in [0.1, 0.15) is 59.9 Å². The van der Waals surface area contributed by atoms with Crippen LogP contribution in [-0.2, 0) is 31.1 Å². The molecule has 1 saturated heterocycles. The average Bonchev–Trinajstić information content (AvgIpc) is 2.61. The van der Waals surface area contributed by atoms with Gasteiger partial charge in [0.1, 0.15) is 0 Å². The van der Waals surface area contributed by atoms with E-state index in [1.165, 1.54) is 0 Å². The molecule has 7 nitrogen and oxygen atoms in total. The summed E-state index contributed by atoms with van der Waals surface area (Å²) in [5.41, 5.74) is 1.27. The molecular weight excluding hydrogens is 436 g/mol. The van der Waals surface area contributed by atoms with Crippen LogP contribution in [0.4, 0.5) is 5.69 Å². The maximum Gasteiger partial charge on any atom is 0.237 e. The lowest BCUT2D eigenvalue weighted by molar-refractivity contribution is -0.131. The number of sulfonamides is 1. The highest BCUT2D eigenvalue weighted by Gasteiger charge is 2.33. The quantitative estimate of drug-likeness (QED) is 0.685. The second-order valence-corrected chi connectivity index (χ2v) is 15.5. The Labute approximate surface area is 187 Å². The fourth-order valence-electron chi connectivity index (χ4n) is 3.19. The smallest absolute Gasteiger partial charge is 0.237 e. The Bertz CT molecular complexity index is 978. The standard InChI is InChI=1S/C22H36N2O5S2/c1-21(2,3)30(26,27)16-18-11-13-24(14-12-18)20(25)15-17-7-9-19(10-8-17)23-31(28,29)22(4,5)6/h7-10,18,23H,11-16H2,1-6H3. The molecule has 9 heteroatoms. The van der Waals surface area contributed by atoms with Gasteiger partial charge >= 0.3 is 0 Å². The first-order valence-electron chi connectivity index (χ1n) is 10.6. The number of sulfone groups is 1. The molecule has 0 atom stereocenters. The summed E-state index contributed by atoms with van der Waals surface area (Å²) in [4.78, 5) is 14.4. The van der Waals surface area contributed by atoms with Gasteiger partial charge in [-0.05, 0) is 78.0 Å². The van der Waals surface area contributed by atoms with Crippen LogP contribution in [0.2, 0.25) is 0 Å². The zero-order chi connectivity index (χ0) is 23.7. The summed E-state index contributed by atoms with van der Waals surface area (Å²) >= 11 is 0. The molecule has 176 valence electrons. The van der Waals surface area contributed by atoms with E-state index in [0.717, 1.165) is 5.56 Å². The third-order valence-electron chi connectivity index (χ3n) is 5.72. The molecule has 0 unspecified atom stereocenters. The molecular formula is C22H36N2O5S2. The number of piperidine rings is 1. The average molecular weight is 473 g/mol. The molecule has 0 aliphatic carbocycles. The molecule has 0 radical (unpaired) electrons. The van der Waals surface area contributed by atoms with Gasteiger partial charge in [-0.2, -0.15) is 0 Å². The van der Waals surface area contributed by atoms with Crippen LogP contribution in [0.15, 0.2) is 24.3 Å². The third-order valence-corrected chi connectivity index (χ3v) is 10.6. The minimum Gasteiger partial charge on any atom is -0.342 e. The van der Waals surface area contributed by atoms with Crippen molar-refractivity contribution < 1.29 is 21.6 Å². The van der Waals surface area contributed by atoms with E-state index in [2.05, 4.69) is 4.72 Å². The van der Waals surface area contributed by atoms with Crippen molar-refractivity contribution in [3.05, 3.63) is 29.8 Å². The van der Waals surface area contributed by atoms with Crippen molar-refractivity contribution in [3.63, 3.8) is 0 Å². The van der Waals surface area contributed by atoms with Crippen LogP contribution in [0.25, 0.3) is 0 Å². The van der Waals surface area contributed by atoms with E-state index in [9.17, 15) is 21.6 Å². The van der Waals surface area contributed by atoms with Gasteiger partial charge in [0.15, 0.2) is 9.84 Å². The first kappa shape index (κ1) is 25.6. The molecule has 1 heterocycles. The van der Waals surface area contributed by atoms with E-state index >= 15 is 0 Å². The van der Waals surface area contributed by atoms with Crippen LogP contribution < -0.4 is 4.72 Å². The number of carbonyl (C=O) groups excluding carboxylic acids is 1. The second-order valence-electron chi connectivity index (χ2n) is 10.3. The van der Waals surface area contributed by atoms with Crippen LogP contribution in [-0.4, -0.2) is 56.0 Å². The number of benzene rings is 1. The number of hydrogen-bond acceptors (Lipinski definition) is 5. The summed E-state index contributed by atoms with van der Waals surface area (Å²) < 4.78 is 50.2. The Morgan fingerprint density at radius 3 is 1.90 bits per heavy atom. The van der Waals surface area contributed by atoms with Crippen molar-refractivity contribution >= 4 is 31.5 Å². The first-order valence-corrected chi connectivity index (χ1v) is 13.8. The van der Waals surface area contributed by atoms with Gasteiger partial charge in [0.2, 0.25) is 15.9 Å². The number of likely N-dealkylation sites (tertiary alicyclic amines) is 1. The summed E-state index contributed by atoms with van der Waals surface area (Å²) in [7, 11) is -6.66. The van der Waals surface area contributed by atoms with Gasteiger partial charge in [-0.25, -0.2) is 16.8 Å². The SMILES string of the molecule is CC(C)(C)S(=O)(=O)CC1CCN(C(=O)Cc2ccc(NS(=O)(=O)C(C)(C)C)cc2)CC1. The zero-order valence-electron chi connectivity index (χ0n) is 19.4. The summed E-state index contributed by atoms with van der Waals surface area (Å²) in [6, 6.07) is 6.83. The van der Waals surface area contributed by atoms with Gasteiger partial charge < -0.3 is 4.90 Å². The van der Waals surface area contributed by atoms with Crippen LogP contribution >= 0.6 is 0 Å². The summed E-state index contributed by atoms with van der Waals surface area (Å²) in [6.07, 6.45) is 1.61. The zero-order valence-corrected chi connectivity index (χ0v) is 21.1. The van der Waals surface area contributed by atoms with Crippen molar-refractivity contribution in [2.45, 2.75) is 70.3 Å². The Morgan fingerprint density at radius 2 is 1.45 bits per heavy atom. The Morgan fingerprint density at radius 1 is 0.935 bits per heavy atom. The summed E-state index contributed by atoms with van der Waals surface area (Å²) in [5.74, 6) is 0.258. The molecule has 0 saturated carbocycles. The van der Waals surface area contributed by atoms with Crippen LogP contribution in [0, 0.1) is 5.92 Å². The van der Waals surface area contributed by atoms with Gasteiger partial charge in [-0.3, -0.25) is 9.52 Å². The number of rotatable bonds is 6. The maximum atomic E-state index is 12.7. The summed E-state index contributed by atoms with van der Waals surface area (Å²) in [5, 5.41) is 0. The number of anilines is 1. The number of hydrogen-bond donors (Lipinski definition) is 1. The molecule has 1 aromatic carbocycles. The first-order chi connectivity index (χ1) is 14.0. The third kappa shape index (κ3) is 6.68. The van der Waals surface area contributed by atoms with Gasteiger partial charge in [0.25, 0.3) is 0 Å². The molecule has 1 aromatic rings. The largest absolute Gasteiger partial charge is 0.342 e. The lowest BCUT2D eigenvalue weighted by Crippen LogP contribution is -2.42. The molecule has 31 heavy (non-hydrogen) atoms. The fourth-order valence-corrected chi connectivity index (χ4v) is 5.40. The Kier molecular flexibility index (Phi) is 7.53. The van der Waals surface area contributed by atoms with Crippen molar-refractivity contribution in [1.29, 1.82) is 0 Å². The van der Waals surface area contributed by atoms with Gasteiger partial charge in [-0.1, -0.05) is 12.1 Å². The van der Waals surface area contributed by atoms with Crippen LogP contribution in [0.5, 0.6) is 0 Å². The number of carbonyl (C=O) groups is 1. The minimum atomic E-state index is -3.50.